The van der Waals surface area contributed by atoms with Gasteiger partial charge in [0.15, 0.2) is 0 Å². The number of methoxy groups -OCH3 is 1. The van der Waals surface area contributed by atoms with Gasteiger partial charge in [0.25, 0.3) is 5.56 Å². The number of H-pyrrole nitrogens is 1. The number of hydrogen-bond donors (Lipinski definition) is 1. The molecule has 3 aromatic rings. The molecule has 0 amide bonds. The zero-order chi connectivity index (χ0) is 15.1. The molecule has 0 fully saturated rings. The van der Waals surface area contributed by atoms with Crippen LogP contribution in [0.5, 0.6) is 5.75 Å². The predicted molar refractivity (Wildman–Crippen MR) is 91.3 cm³/mol. The number of aryl methyl sites for hydroxylation is 1. The number of benzene rings is 1. The van der Waals surface area contributed by atoms with Gasteiger partial charge in [-0.15, -0.1) is 23.1 Å². The van der Waals surface area contributed by atoms with Gasteiger partial charge in [-0.3, -0.25) is 4.79 Å². The van der Waals surface area contributed by atoms with Gasteiger partial charge in [0.05, 0.1) is 16.7 Å². The average molecular weight is 330 g/mol. The number of thioether (sulfide) groups is 1. The van der Waals surface area contributed by atoms with Crippen LogP contribution >= 0.6 is 23.1 Å². The smallest absolute Gasteiger partial charge is 0.260 e. The van der Waals surface area contributed by atoms with Crippen LogP contribution in [0.4, 0.5) is 0 Å². The fourth-order valence-corrected chi connectivity index (χ4v) is 5.24. The molecule has 112 valence electrons. The van der Waals surface area contributed by atoms with Gasteiger partial charge in [-0.25, -0.2) is 4.98 Å². The SMILES string of the molecule is COc1cccc(-c2nc3sc4c(c3c(=O)[nH]2)CCCS4)c1. The van der Waals surface area contributed by atoms with E-state index in [-0.39, 0.29) is 5.56 Å². The van der Waals surface area contributed by atoms with Crippen LogP contribution in [0.2, 0.25) is 0 Å². The third-order valence-electron chi connectivity index (χ3n) is 3.77. The summed E-state index contributed by atoms with van der Waals surface area (Å²) in [6.45, 7) is 0. The molecule has 1 aliphatic heterocycles. The number of hydrogen-bond acceptors (Lipinski definition) is 5. The molecule has 0 aliphatic carbocycles. The van der Waals surface area contributed by atoms with Gasteiger partial charge < -0.3 is 9.72 Å². The Morgan fingerprint density at radius 2 is 2.27 bits per heavy atom. The molecule has 2 aromatic heterocycles. The molecular weight excluding hydrogens is 316 g/mol. The molecule has 1 aliphatic rings. The minimum absolute atomic E-state index is 0.0391. The van der Waals surface area contributed by atoms with E-state index < -0.39 is 0 Å². The standard InChI is InChI=1S/C16H14N2O2S2/c1-20-10-5-2-4-9(8-10)13-17-14(19)12-11-6-3-7-21-16(11)22-15(12)18-13/h2,4-5,8H,3,6-7H2,1H3,(H,17,18,19). The summed E-state index contributed by atoms with van der Waals surface area (Å²) in [5.41, 5.74) is 2.00. The Kier molecular flexibility index (Phi) is 3.43. The van der Waals surface area contributed by atoms with Crippen LogP contribution in [0.1, 0.15) is 12.0 Å². The van der Waals surface area contributed by atoms with Crippen LogP contribution < -0.4 is 10.3 Å². The van der Waals surface area contributed by atoms with Crippen molar-refractivity contribution in [2.24, 2.45) is 0 Å². The van der Waals surface area contributed by atoms with Crippen molar-refractivity contribution in [1.82, 2.24) is 9.97 Å². The molecule has 0 radical (unpaired) electrons. The second-order valence-corrected chi connectivity index (χ2v) is 7.51. The molecule has 22 heavy (non-hydrogen) atoms. The van der Waals surface area contributed by atoms with Crippen LogP contribution in [0.3, 0.4) is 0 Å². The lowest BCUT2D eigenvalue weighted by Crippen LogP contribution is -2.10. The lowest BCUT2D eigenvalue weighted by molar-refractivity contribution is 0.415. The molecule has 0 unspecified atom stereocenters. The maximum Gasteiger partial charge on any atom is 0.260 e. The highest BCUT2D eigenvalue weighted by molar-refractivity contribution is 8.01. The summed E-state index contributed by atoms with van der Waals surface area (Å²) in [4.78, 5) is 21.0. The average Bonchev–Trinajstić information content (AvgIpc) is 2.93. The number of rotatable bonds is 2. The second kappa shape index (κ2) is 5.44. The van der Waals surface area contributed by atoms with E-state index in [1.165, 1.54) is 9.77 Å². The zero-order valence-corrected chi connectivity index (χ0v) is 13.6. The lowest BCUT2D eigenvalue weighted by atomic mass is 10.1. The maximum atomic E-state index is 12.5. The van der Waals surface area contributed by atoms with Crippen molar-refractivity contribution in [2.75, 3.05) is 12.9 Å². The first-order chi connectivity index (χ1) is 10.8. The molecule has 0 spiro atoms. The summed E-state index contributed by atoms with van der Waals surface area (Å²) in [7, 11) is 1.63. The number of fused-ring (bicyclic) bond motifs is 3. The van der Waals surface area contributed by atoms with Crippen molar-refractivity contribution in [3.05, 3.63) is 40.2 Å². The first-order valence-electron chi connectivity index (χ1n) is 7.09. The number of nitrogens with one attached hydrogen (secondary N) is 1. The monoisotopic (exact) mass is 330 g/mol. The molecule has 4 nitrogen and oxygen atoms in total. The Morgan fingerprint density at radius 1 is 1.36 bits per heavy atom. The fraction of sp³-hybridized carbons (Fsp3) is 0.250. The van der Waals surface area contributed by atoms with Crippen molar-refractivity contribution in [3.8, 4) is 17.1 Å². The Labute approximate surface area is 135 Å². The van der Waals surface area contributed by atoms with Crippen molar-refractivity contribution >= 4 is 33.3 Å². The van der Waals surface area contributed by atoms with Crippen LogP contribution in [0.25, 0.3) is 21.6 Å². The van der Waals surface area contributed by atoms with E-state index >= 15 is 0 Å². The number of ether oxygens (including phenoxy) is 1. The Morgan fingerprint density at radius 3 is 3.14 bits per heavy atom. The molecule has 3 heterocycles. The molecule has 1 aromatic carbocycles. The van der Waals surface area contributed by atoms with Crippen molar-refractivity contribution in [1.29, 1.82) is 0 Å². The van der Waals surface area contributed by atoms with E-state index in [4.69, 9.17) is 4.74 Å². The van der Waals surface area contributed by atoms with Crippen LogP contribution in [0, 0.1) is 0 Å². The summed E-state index contributed by atoms with van der Waals surface area (Å²) in [5, 5.41) is 0.777. The highest BCUT2D eigenvalue weighted by Gasteiger charge is 2.20. The van der Waals surface area contributed by atoms with Crippen LogP contribution in [-0.2, 0) is 6.42 Å². The molecule has 0 atom stereocenters. The van der Waals surface area contributed by atoms with Gasteiger partial charge in [0.2, 0.25) is 0 Å². The van der Waals surface area contributed by atoms with Gasteiger partial charge in [0.1, 0.15) is 16.4 Å². The van der Waals surface area contributed by atoms with E-state index in [1.54, 1.807) is 18.4 Å². The fourth-order valence-electron chi connectivity index (χ4n) is 2.71. The molecule has 4 rings (SSSR count). The zero-order valence-electron chi connectivity index (χ0n) is 12.0. The quantitative estimate of drug-likeness (QED) is 0.778. The van der Waals surface area contributed by atoms with Gasteiger partial charge in [-0.1, -0.05) is 12.1 Å². The maximum absolute atomic E-state index is 12.5. The molecular formula is C16H14N2O2S2. The van der Waals surface area contributed by atoms with E-state index in [9.17, 15) is 4.79 Å². The van der Waals surface area contributed by atoms with E-state index in [0.29, 0.717) is 5.82 Å². The van der Waals surface area contributed by atoms with Gasteiger partial charge in [0, 0.05) is 5.56 Å². The van der Waals surface area contributed by atoms with Gasteiger partial charge in [-0.2, -0.15) is 0 Å². The summed E-state index contributed by atoms with van der Waals surface area (Å²) in [6.07, 6.45) is 2.10. The molecule has 1 N–H and O–H groups in total. The molecule has 0 saturated heterocycles. The highest BCUT2D eigenvalue weighted by atomic mass is 32.2. The Balaban J connectivity index is 1.91. The highest BCUT2D eigenvalue weighted by Crippen LogP contribution is 2.40. The summed E-state index contributed by atoms with van der Waals surface area (Å²) in [5.74, 6) is 2.47. The minimum Gasteiger partial charge on any atom is -0.497 e. The molecule has 0 saturated carbocycles. The topological polar surface area (TPSA) is 55.0 Å². The number of thiophene rings is 1. The minimum atomic E-state index is -0.0391. The van der Waals surface area contributed by atoms with Crippen LogP contribution in [-0.4, -0.2) is 22.8 Å². The van der Waals surface area contributed by atoms with E-state index in [2.05, 4.69) is 9.97 Å². The number of aromatic amines is 1. The van der Waals surface area contributed by atoms with E-state index in [1.807, 2.05) is 36.0 Å². The van der Waals surface area contributed by atoms with Gasteiger partial charge >= 0.3 is 0 Å². The normalized spacial score (nSPS) is 14.0. The first-order valence-corrected chi connectivity index (χ1v) is 8.89. The predicted octanol–water partition coefficient (Wildman–Crippen LogP) is 3.70. The molecule has 0 bridgehead atoms. The van der Waals surface area contributed by atoms with Crippen molar-refractivity contribution in [2.45, 2.75) is 17.1 Å². The lowest BCUT2D eigenvalue weighted by Gasteiger charge is -2.09. The largest absolute Gasteiger partial charge is 0.497 e. The summed E-state index contributed by atoms with van der Waals surface area (Å²) >= 11 is 3.47. The third kappa shape index (κ3) is 2.23. The van der Waals surface area contributed by atoms with E-state index in [0.717, 1.165) is 40.1 Å². The molecule has 6 heteroatoms. The second-order valence-electron chi connectivity index (χ2n) is 5.15. The number of nitrogens with zero attached hydrogens (tertiary/aromatic N) is 1. The summed E-state index contributed by atoms with van der Waals surface area (Å²) < 4.78 is 6.49. The van der Waals surface area contributed by atoms with Gasteiger partial charge in [-0.05, 0) is 36.3 Å². The van der Waals surface area contributed by atoms with Crippen LogP contribution in [0.15, 0.2) is 33.3 Å². The van der Waals surface area contributed by atoms with Crippen molar-refractivity contribution in [3.63, 3.8) is 0 Å². The number of aromatic nitrogens is 2. The van der Waals surface area contributed by atoms with Crippen molar-refractivity contribution < 1.29 is 4.74 Å². The Hall–Kier alpha value is -1.79. The Bertz CT molecular complexity index is 914. The summed E-state index contributed by atoms with van der Waals surface area (Å²) in [6, 6.07) is 7.58. The first kappa shape index (κ1) is 13.8. The third-order valence-corrected chi connectivity index (χ3v) is 6.30.